The van der Waals surface area contributed by atoms with Gasteiger partial charge in [-0.2, -0.15) is 5.10 Å². The lowest BCUT2D eigenvalue weighted by molar-refractivity contribution is 0.270. The summed E-state index contributed by atoms with van der Waals surface area (Å²) >= 11 is 0. The Morgan fingerprint density at radius 2 is 2.07 bits per heavy atom. The van der Waals surface area contributed by atoms with Gasteiger partial charge in [-0.25, -0.2) is 5.10 Å². The van der Waals surface area contributed by atoms with E-state index in [4.69, 9.17) is 0 Å². The monoisotopic (exact) mass is 208 g/mol. The van der Waals surface area contributed by atoms with E-state index in [-0.39, 0.29) is 5.56 Å². The highest BCUT2D eigenvalue weighted by molar-refractivity contribution is 5.36. The molecule has 5 nitrogen and oxygen atoms in total. The van der Waals surface area contributed by atoms with Crippen molar-refractivity contribution in [3.05, 3.63) is 22.5 Å². The van der Waals surface area contributed by atoms with Crippen LogP contribution in [0, 0.1) is 0 Å². The van der Waals surface area contributed by atoms with E-state index < -0.39 is 0 Å². The van der Waals surface area contributed by atoms with Crippen LogP contribution in [0.4, 0.5) is 5.82 Å². The highest BCUT2D eigenvalue weighted by Gasteiger charge is 2.16. The second-order valence-electron chi connectivity index (χ2n) is 3.70. The lowest BCUT2D eigenvalue weighted by Crippen LogP contribution is -2.46. The molecule has 2 heterocycles. The largest absolute Gasteiger partial charge is 0.353 e. The van der Waals surface area contributed by atoms with Crippen molar-refractivity contribution < 1.29 is 0 Å². The maximum atomic E-state index is 10.9. The highest BCUT2D eigenvalue weighted by Crippen LogP contribution is 2.10. The lowest BCUT2D eigenvalue weighted by atomic mass is 10.3. The number of aromatic nitrogens is 2. The third-order valence-electron chi connectivity index (χ3n) is 2.81. The maximum absolute atomic E-state index is 10.9. The molecular formula is C10H16N4O. The number of hydrogen-bond donors (Lipinski definition) is 1. The van der Waals surface area contributed by atoms with Crippen LogP contribution in [0.15, 0.2) is 16.9 Å². The molecule has 1 aliphatic heterocycles. The molecule has 2 rings (SSSR count). The predicted molar refractivity (Wildman–Crippen MR) is 59.2 cm³/mol. The van der Waals surface area contributed by atoms with Gasteiger partial charge in [0.05, 0.1) is 0 Å². The van der Waals surface area contributed by atoms with Crippen LogP contribution in [-0.2, 0) is 0 Å². The zero-order chi connectivity index (χ0) is 10.7. The Balaban J connectivity index is 2.01. The maximum Gasteiger partial charge on any atom is 0.264 e. The molecule has 1 aromatic rings. The number of likely N-dealkylation sites (N-methyl/N-ethyl adjacent to an activating group) is 1. The van der Waals surface area contributed by atoms with Crippen LogP contribution in [0.5, 0.6) is 0 Å². The summed E-state index contributed by atoms with van der Waals surface area (Å²) in [7, 11) is 0. The summed E-state index contributed by atoms with van der Waals surface area (Å²) in [5, 5.41) is 6.48. The summed E-state index contributed by atoms with van der Waals surface area (Å²) in [5.41, 5.74) is -0.147. The van der Waals surface area contributed by atoms with Crippen molar-refractivity contribution in [1.29, 1.82) is 0 Å². The van der Waals surface area contributed by atoms with Crippen molar-refractivity contribution in [3.63, 3.8) is 0 Å². The fourth-order valence-electron chi connectivity index (χ4n) is 1.81. The van der Waals surface area contributed by atoms with Crippen LogP contribution in [0.2, 0.25) is 0 Å². The summed E-state index contributed by atoms with van der Waals surface area (Å²) in [6.07, 6.45) is 0. The van der Waals surface area contributed by atoms with Crippen molar-refractivity contribution >= 4 is 5.82 Å². The fraction of sp³-hybridized carbons (Fsp3) is 0.600. The topological polar surface area (TPSA) is 52.2 Å². The number of H-pyrrole nitrogens is 1. The molecule has 82 valence electrons. The van der Waals surface area contributed by atoms with E-state index in [1.807, 2.05) is 0 Å². The van der Waals surface area contributed by atoms with Crippen molar-refractivity contribution in [1.82, 2.24) is 15.1 Å². The van der Waals surface area contributed by atoms with Crippen LogP contribution < -0.4 is 10.5 Å². The first-order valence-corrected chi connectivity index (χ1v) is 5.32. The number of nitrogens with zero attached hydrogens (tertiary/aromatic N) is 3. The molecule has 0 amide bonds. The van der Waals surface area contributed by atoms with Gasteiger partial charge in [0.1, 0.15) is 5.82 Å². The standard InChI is InChI=1S/C10H16N4O/c1-2-13-5-7-14(8-6-13)9-3-4-10(15)12-11-9/h3-4H,2,5-8H2,1H3,(H,12,15). The molecule has 0 atom stereocenters. The zero-order valence-corrected chi connectivity index (χ0v) is 8.94. The van der Waals surface area contributed by atoms with Gasteiger partial charge < -0.3 is 9.80 Å². The molecule has 1 aromatic heterocycles. The molecule has 0 unspecified atom stereocenters. The minimum Gasteiger partial charge on any atom is -0.353 e. The van der Waals surface area contributed by atoms with Crippen molar-refractivity contribution in [2.45, 2.75) is 6.92 Å². The van der Waals surface area contributed by atoms with Crippen LogP contribution in [-0.4, -0.2) is 47.8 Å². The van der Waals surface area contributed by atoms with Crippen LogP contribution in [0.1, 0.15) is 6.92 Å². The van der Waals surface area contributed by atoms with E-state index >= 15 is 0 Å². The van der Waals surface area contributed by atoms with E-state index in [1.54, 1.807) is 6.07 Å². The molecule has 0 bridgehead atoms. The average Bonchev–Trinajstić information content (AvgIpc) is 2.30. The Labute approximate surface area is 88.7 Å². The van der Waals surface area contributed by atoms with Gasteiger partial charge in [0, 0.05) is 32.2 Å². The molecule has 0 radical (unpaired) electrons. The lowest BCUT2D eigenvalue weighted by Gasteiger charge is -2.34. The van der Waals surface area contributed by atoms with E-state index in [1.165, 1.54) is 6.07 Å². The molecule has 1 fully saturated rings. The van der Waals surface area contributed by atoms with E-state index in [0.717, 1.165) is 38.5 Å². The number of aromatic amines is 1. The summed E-state index contributed by atoms with van der Waals surface area (Å²) < 4.78 is 0. The first-order chi connectivity index (χ1) is 7.29. The molecule has 1 saturated heterocycles. The second-order valence-corrected chi connectivity index (χ2v) is 3.70. The van der Waals surface area contributed by atoms with E-state index in [2.05, 4.69) is 26.9 Å². The minimum atomic E-state index is -0.147. The van der Waals surface area contributed by atoms with Crippen molar-refractivity contribution in [2.24, 2.45) is 0 Å². The Bertz CT molecular complexity index is 347. The molecule has 0 saturated carbocycles. The van der Waals surface area contributed by atoms with Gasteiger partial charge in [0.15, 0.2) is 0 Å². The van der Waals surface area contributed by atoms with Gasteiger partial charge in [-0.05, 0) is 12.6 Å². The first-order valence-electron chi connectivity index (χ1n) is 5.32. The third kappa shape index (κ3) is 2.36. The normalized spacial score (nSPS) is 18.1. The van der Waals surface area contributed by atoms with E-state index in [0.29, 0.717) is 0 Å². The second kappa shape index (κ2) is 4.44. The summed E-state index contributed by atoms with van der Waals surface area (Å²) in [5.74, 6) is 0.866. The molecule has 5 heteroatoms. The highest BCUT2D eigenvalue weighted by atomic mass is 16.1. The number of anilines is 1. The summed E-state index contributed by atoms with van der Waals surface area (Å²) in [4.78, 5) is 15.5. The zero-order valence-electron chi connectivity index (χ0n) is 8.94. The minimum absolute atomic E-state index is 0.147. The molecule has 0 spiro atoms. The molecule has 1 N–H and O–H groups in total. The predicted octanol–water partition coefficient (Wildman–Crippen LogP) is -0.0882. The SMILES string of the molecule is CCN1CCN(c2ccc(=O)[nH]n2)CC1. The van der Waals surface area contributed by atoms with Gasteiger partial charge in [0.25, 0.3) is 5.56 Å². The van der Waals surface area contributed by atoms with Gasteiger partial charge in [-0.15, -0.1) is 0 Å². The Hall–Kier alpha value is -1.36. The Morgan fingerprint density at radius 3 is 2.60 bits per heavy atom. The number of piperazine rings is 1. The van der Waals surface area contributed by atoms with Crippen LogP contribution in [0.3, 0.4) is 0 Å². The van der Waals surface area contributed by atoms with E-state index in [9.17, 15) is 4.79 Å². The molecular weight excluding hydrogens is 192 g/mol. The smallest absolute Gasteiger partial charge is 0.264 e. The number of hydrogen-bond acceptors (Lipinski definition) is 4. The fourth-order valence-corrected chi connectivity index (χ4v) is 1.81. The quantitative estimate of drug-likeness (QED) is 0.738. The third-order valence-corrected chi connectivity index (χ3v) is 2.81. The van der Waals surface area contributed by atoms with Gasteiger partial charge in [-0.1, -0.05) is 6.92 Å². The van der Waals surface area contributed by atoms with Crippen molar-refractivity contribution in [3.8, 4) is 0 Å². The molecule has 0 aromatic carbocycles. The van der Waals surface area contributed by atoms with Gasteiger partial charge >= 0.3 is 0 Å². The first kappa shape index (κ1) is 10.2. The molecule has 1 aliphatic rings. The summed E-state index contributed by atoms with van der Waals surface area (Å²) in [6, 6.07) is 3.30. The van der Waals surface area contributed by atoms with Crippen LogP contribution >= 0.6 is 0 Å². The number of rotatable bonds is 2. The van der Waals surface area contributed by atoms with Gasteiger partial charge in [-0.3, -0.25) is 4.79 Å². The molecule has 0 aliphatic carbocycles. The Morgan fingerprint density at radius 1 is 1.33 bits per heavy atom. The Kier molecular flexibility index (Phi) is 3.01. The average molecular weight is 208 g/mol. The van der Waals surface area contributed by atoms with Gasteiger partial charge in [0.2, 0.25) is 0 Å². The number of nitrogens with one attached hydrogen (secondary N) is 1. The molecule has 15 heavy (non-hydrogen) atoms. The van der Waals surface area contributed by atoms with Crippen LogP contribution in [0.25, 0.3) is 0 Å². The summed E-state index contributed by atoms with van der Waals surface area (Å²) in [6.45, 7) is 7.37. The van der Waals surface area contributed by atoms with Crippen molar-refractivity contribution in [2.75, 3.05) is 37.6 Å².